The third-order valence-corrected chi connectivity index (χ3v) is 4.83. The van der Waals surface area contributed by atoms with Crippen molar-refractivity contribution >= 4 is 41.5 Å². The Balaban J connectivity index is 0.00000320. The lowest BCUT2D eigenvalue weighted by Crippen LogP contribution is -2.36. The van der Waals surface area contributed by atoms with Crippen LogP contribution in [0.3, 0.4) is 0 Å². The average Bonchev–Trinajstić information content (AvgIpc) is 3.17. The van der Waals surface area contributed by atoms with Crippen LogP contribution in [0.1, 0.15) is 30.9 Å². The first-order valence-electron chi connectivity index (χ1n) is 9.88. The maximum Gasteiger partial charge on any atom is 0.227 e. The standard InChI is InChI=1S/C22H28N4O3.HI/c1-3-23-22(25-15-17-6-4-7-19(29-2)21(17)28)24-14-16-9-11-18(12-10-16)26-13-5-8-20(26)27;/h4,6-7,9-12,28H,3,5,8,13-15H2,1-2H3,(H2,23,24,25);1H. The largest absolute Gasteiger partial charge is 0.504 e. The van der Waals surface area contributed by atoms with Gasteiger partial charge in [0.05, 0.1) is 13.7 Å². The molecule has 7 nitrogen and oxygen atoms in total. The summed E-state index contributed by atoms with van der Waals surface area (Å²) in [6.07, 6.45) is 1.55. The first-order chi connectivity index (χ1) is 14.1. The minimum absolute atomic E-state index is 0. The quantitative estimate of drug-likeness (QED) is 0.294. The van der Waals surface area contributed by atoms with Gasteiger partial charge < -0.3 is 25.4 Å². The van der Waals surface area contributed by atoms with Crippen LogP contribution in [0.15, 0.2) is 47.5 Å². The van der Waals surface area contributed by atoms with E-state index in [2.05, 4.69) is 15.6 Å². The SMILES string of the molecule is CCNC(=NCc1ccc(N2CCCC2=O)cc1)NCc1cccc(OC)c1O.I. The number of para-hydroxylation sites is 1. The lowest BCUT2D eigenvalue weighted by molar-refractivity contribution is -0.117. The number of phenols is 1. The zero-order chi connectivity index (χ0) is 20.6. The molecule has 2 aromatic carbocycles. The third kappa shape index (κ3) is 6.01. The molecule has 2 aromatic rings. The Morgan fingerprint density at radius 3 is 2.60 bits per heavy atom. The van der Waals surface area contributed by atoms with Gasteiger partial charge in [0.25, 0.3) is 0 Å². The van der Waals surface area contributed by atoms with E-state index in [0.29, 0.717) is 31.2 Å². The highest BCUT2D eigenvalue weighted by molar-refractivity contribution is 14.0. The van der Waals surface area contributed by atoms with E-state index in [9.17, 15) is 9.90 Å². The van der Waals surface area contributed by atoms with Gasteiger partial charge in [0.15, 0.2) is 17.5 Å². The fourth-order valence-electron chi connectivity index (χ4n) is 3.27. The van der Waals surface area contributed by atoms with Crippen LogP contribution >= 0.6 is 24.0 Å². The van der Waals surface area contributed by atoms with Crippen molar-refractivity contribution < 1.29 is 14.6 Å². The van der Waals surface area contributed by atoms with Gasteiger partial charge in [0.1, 0.15) is 0 Å². The van der Waals surface area contributed by atoms with Crippen LogP contribution in [-0.2, 0) is 17.9 Å². The van der Waals surface area contributed by atoms with Crippen LogP contribution in [0, 0.1) is 0 Å². The topological polar surface area (TPSA) is 86.2 Å². The number of amides is 1. The Labute approximate surface area is 194 Å². The van der Waals surface area contributed by atoms with Crippen LogP contribution in [0.5, 0.6) is 11.5 Å². The van der Waals surface area contributed by atoms with Crippen molar-refractivity contribution in [3.8, 4) is 11.5 Å². The first-order valence-corrected chi connectivity index (χ1v) is 9.88. The summed E-state index contributed by atoms with van der Waals surface area (Å²) in [7, 11) is 1.53. The maximum atomic E-state index is 11.9. The van der Waals surface area contributed by atoms with Crippen molar-refractivity contribution in [2.75, 3.05) is 25.1 Å². The minimum Gasteiger partial charge on any atom is -0.504 e. The molecular weight excluding hydrogens is 495 g/mol. The molecule has 3 N–H and O–H groups in total. The van der Waals surface area contributed by atoms with Crippen LogP contribution in [0.4, 0.5) is 5.69 Å². The number of aliphatic imine (C=N–C) groups is 1. The Bertz CT molecular complexity index is 871. The molecule has 0 spiro atoms. The second-order valence-corrected chi connectivity index (χ2v) is 6.83. The molecule has 1 amide bonds. The molecule has 30 heavy (non-hydrogen) atoms. The molecule has 1 heterocycles. The predicted molar refractivity (Wildman–Crippen MR) is 130 cm³/mol. The molecule has 1 aliphatic rings. The van der Waals surface area contributed by atoms with E-state index in [1.54, 1.807) is 6.07 Å². The summed E-state index contributed by atoms with van der Waals surface area (Å²) < 4.78 is 5.15. The molecule has 0 bridgehead atoms. The highest BCUT2D eigenvalue weighted by Crippen LogP contribution is 2.29. The van der Waals surface area contributed by atoms with Gasteiger partial charge in [-0.2, -0.15) is 0 Å². The minimum atomic E-state index is 0. The monoisotopic (exact) mass is 524 g/mol. The van der Waals surface area contributed by atoms with Gasteiger partial charge in [-0.3, -0.25) is 4.79 Å². The van der Waals surface area contributed by atoms with Crippen molar-refractivity contribution in [2.45, 2.75) is 32.9 Å². The lowest BCUT2D eigenvalue weighted by Gasteiger charge is -2.16. The number of rotatable bonds is 7. The molecule has 0 radical (unpaired) electrons. The number of guanidine groups is 1. The molecular formula is C22H29IN4O3. The fraction of sp³-hybridized carbons (Fsp3) is 0.364. The number of hydrogen-bond acceptors (Lipinski definition) is 4. The summed E-state index contributed by atoms with van der Waals surface area (Å²) in [5, 5.41) is 16.7. The highest BCUT2D eigenvalue weighted by atomic mass is 127. The van der Waals surface area contributed by atoms with Crippen LogP contribution in [0.2, 0.25) is 0 Å². The van der Waals surface area contributed by atoms with Crippen molar-refractivity contribution in [3.63, 3.8) is 0 Å². The second-order valence-electron chi connectivity index (χ2n) is 6.83. The van der Waals surface area contributed by atoms with E-state index in [0.717, 1.165) is 36.3 Å². The van der Waals surface area contributed by atoms with E-state index < -0.39 is 0 Å². The molecule has 0 atom stereocenters. The summed E-state index contributed by atoms with van der Waals surface area (Å²) in [5.41, 5.74) is 2.73. The number of anilines is 1. The van der Waals surface area contributed by atoms with Gasteiger partial charge in [-0.05, 0) is 37.1 Å². The number of methoxy groups -OCH3 is 1. The molecule has 162 valence electrons. The first kappa shape index (κ1) is 23.8. The summed E-state index contributed by atoms with van der Waals surface area (Å²) in [5.74, 6) is 1.43. The van der Waals surface area contributed by atoms with Crippen LogP contribution < -0.4 is 20.3 Å². The molecule has 0 unspecified atom stereocenters. The normalized spacial score (nSPS) is 13.7. The van der Waals surface area contributed by atoms with Gasteiger partial charge in [-0.1, -0.05) is 24.3 Å². The molecule has 1 aliphatic heterocycles. The second kappa shape index (κ2) is 11.6. The number of hydrogen-bond donors (Lipinski definition) is 3. The zero-order valence-electron chi connectivity index (χ0n) is 17.4. The number of benzene rings is 2. The van der Waals surface area contributed by atoms with Crippen molar-refractivity contribution in [3.05, 3.63) is 53.6 Å². The van der Waals surface area contributed by atoms with E-state index in [1.807, 2.05) is 48.2 Å². The van der Waals surface area contributed by atoms with Gasteiger partial charge in [-0.25, -0.2) is 4.99 Å². The zero-order valence-corrected chi connectivity index (χ0v) is 19.7. The number of nitrogens with zero attached hydrogens (tertiary/aromatic N) is 2. The van der Waals surface area contributed by atoms with Crippen molar-refractivity contribution in [2.24, 2.45) is 4.99 Å². The number of aromatic hydroxyl groups is 1. The number of carbonyl (C=O) groups is 1. The average molecular weight is 524 g/mol. The van der Waals surface area contributed by atoms with Crippen LogP contribution in [-0.4, -0.2) is 37.2 Å². The van der Waals surface area contributed by atoms with Gasteiger partial charge in [-0.15, -0.1) is 24.0 Å². The smallest absolute Gasteiger partial charge is 0.227 e. The van der Waals surface area contributed by atoms with E-state index in [4.69, 9.17) is 4.74 Å². The summed E-state index contributed by atoms with van der Waals surface area (Å²) in [4.78, 5) is 18.3. The third-order valence-electron chi connectivity index (χ3n) is 4.83. The molecule has 8 heteroatoms. The van der Waals surface area contributed by atoms with Gasteiger partial charge in [0, 0.05) is 37.3 Å². The van der Waals surface area contributed by atoms with E-state index in [-0.39, 0.29) is 35.6 Å². The predicted octanol–water partition coefficient (Wildman–Crippen LogP) is 3.40. The Morgan fingerprint density at radius 1 is 1.20 bits per heavy atom. The fourth-order valence-corrected chi connectivity index (χ4v) is 3.27. The number of carbonyl (C=O) groups excluding carboxylic acids is 1. The number of halogens is 1. The van der Waals surface area contributed by atoms with Gasteiger partial charge in [0.2, 0.25) is 5.91 Å². The summed E-state index contributed by atoms with van der Waals surface area (Å²) in [6.45, 7) is 4.45. The summed E-state index contributed by atoms with van der Waals surface area (Å²) >= 11 is 0. The number of ether oxygens (including phenoxy) is 1. The Hall–Kier alpha value is -2.49. The van der Waals surface area contributed by atoms with Crippen molar-refractivity contribution in [1.82, 2.24) is 10.6 Å². The maximum absolute atomic E-state index is 11.9. The number of phenolic OH excluding ortho intramolecular Hbond substituents is 1. The Kier molecular flexibility index (Phi) is 9.22. The molecule has 1 fully saturated rings. The van der Waals surface area contributed by atoms with Crippen LogP contribution in [0.25, 0.3) is 0 Å². The van der Waals surface area contributed by atoms with Crippen molar-refractivity contribution in [1.29, 1.82) is 0 Å². The van der Waals surface area contributed by atoms with E-state index in [1.165, 1.54) is 7.11 Å². The molecule has 1 saturated heterocycles. The van der Waals surface area contributed by atoms with E-state index >= 15 is 0 Å². The molecule has 3 rings (SSSR count). The lowest BCUT2D eigenvalue weighted by atomic mass is 10.2. The summed E-state index contributed by atoms with van der Waals surface area (Å²) in [6, 6.07) is 13.4. The molecule has 0 aromatic heterocycles. The Morgan fingerprint density at radius 2 is 1.97 bits per heavy atom. The molecule has 0 aliphatic carbocycles. The molecule has 0 saturated carbocycles. The highest BCUT2D eigenvalue weighted by Gasteiger charge is 2.21. The van der Waals surface area contributed by atoms with Gasteiger partial charge >= 0.3 is 0 Å². The number of nitrogens with one attached hydrogen (secondary N) is 2.